The molecule has 2 saturated heterocycles. The fourth-order valence-electron chi connectivity index (χ4n) is 2.55. The van der Waals surface area contributed by atoms with Gasteiger partial charge >= 0.3 is 0 Å². The van der Waals surface area contributed by atoms with E-state index in [0.29, 0.717) is 6.04 Å². The lowest BCUT2D eigenvalue weighted by Gasteiger charge is -2.41. The molecule has 16 heavy (non-hydrogen) atoms. The Hall–Kier alpha value is -0.650. The van der Waals surface area contributed by atoms with Gasteiger partial charge in [-0.2, -0.15) is 0 Å². The summed E-state index contributed by atoms with van der Waals surface area (Å²) in [6.07, 6.45) is 2.25. The molecular formula is C11H21N3O2. The average molecular weight is 227 g/mol. The van der Waals surface area contributed by atoms with Crippen LogP contribution in [0.15, 0.2) is 0 Å². The number of nitrogens with zero attached hydrogens (tertiary/aromatic N) is 1. The van der Waals surface area contributed by atoms with Crippen molar-refractivity contribution in [2.24, 2.45) is 0 Å². The Labute approximate surface area is 96.5 Å². The highest BCUT2D eigenvalue weighted by molar-refractivity contribution is 5.81. The molecule has 2 fully saturated rings. The molecule has 1 amide bonds. The molecule has 2 aliphatic rings. The SMILES string of the molecule is CNC(=O)C1CNCCN1C1CCCOC1. The molecule has 0 radical (unpaired) electrons. The molecule has 5 nitrogen and oxygen atoms in total. The summed E-state index contributed by atoms with van der Waals surface area (Å²) in [6.45, 7) is 4.28. The maximum Gasteiger partial charge on any atom is 0.238 e. The second-order valence-electron chi connectivity index (χ2n) is 4.44. The third kappa shape index (κ3) is 2.53. The smallest absolute Gasteiger partial charge is 0.238 e. The van der Waals surface area contributed by atoms with Crippen LogP contribution in [0.3, 0.4) is 0 Å². The van der Waals surface area contributed by atoms with Gasteiger partial charge < -0.3 is 15.4 Å². The molecule has 5 heteroatoms. The van der Waals surface area contributed by atoms with Crippen LogP contribution in [-0.4, -0.2) is 62.8 Å². The van der Waals surface area contributed by atoms with Gasteiger partial charge in [-0.15, -0.1) is 0 Å². The number of amides is 1. The number of rotatable bonds is 2. The number of carbonyl (C=O) groups excluding carboxylic acids is 1. The highest BCUT2D eigenvalue weighted by Crippen LogP contribution is 2.17. The summed E-state index contributed by atoms with van der Waals surface area (Å²) in [5.74, 6) is 0.109. The van der Waals surface area contributed by atoms with E-state index in [1.807, 2.05) is 0 Å². The van der Waals surface area contributed by atoms with Gasteiger partial charge in [0.15, 0.2) is 0 Å². The van der Waals surface area contributed by atoms with Crippen molar-refractivity contribution in [2.75, 3.05) is 39.9 Å². The van der Waals surface area contributed by atoms with Crippen LogP contribution < -0.4 is 10.6 Å². The van der Waals surface area contributed by atoms with E-state index in [9.17, 15) is 4.79 Å². The van der Waals surface area contributed by atoms with Crippen LogP contribution in [0.2, 0.25) is 0 Å². The molecule has 2 aliphatic heterocycles. The number of likely N-dealkylation sites (N-methyl/N-ethyl adjacent to an activating group) is 1. The van der Waals surface area contributed by atoms with Gasteiger partial charge in [0.1, 0.15) is 6.04 Å². The summed E-state index contributed by atoms with van der Waals surface area (Å²) in [6, 6.07) is 0.378. The molecule has 2 heterocycles. The molecule has 0 spiro atoms. The predicted octanol–water partition coefficient (Wildman–Crippen LogP) is -0.815. The van der Waals surface area contributed by atoms with E-state index < -0.39 is 0 Å². The van der Waals surface area contributed by atoms with E-state index in [2.05, 4.69) is 15.5 Å². The first-order valence-corrected chi connectivity index (χ1v) is 6.08. The number of hydrogen-bond acceptors (Lipinski definition) is 4. The molecular weight excluding hydrogens is 206 g/mol. The summed E-state index contributed by atoms with van der Waals surface area (Å²) in [7, 11) is 1.70. The van der Waals surface area contributed by atoms with Crippen LogP contribution >= 0.6 is 0 Å². The fraction of sp³-hybridized carbons (Fsp3) is 0.909. The van der Waals surface area contributed by atoms with Crippen LogP contribution in [0.4, 0.5) is 0 Å². The fourth-order valence-corrected chi connectivity index (χ4v) is 2.55. The summed E-state index contributed by atoms with van der Waals surface area (Å²) in [5.41, 5.74) is 0. The van der Waals surface area contributed by atoms with E-state index >= 15 is 0 Å². The second-order valence-corrected chi connectivity index (χ2v) is 4.44. The van der Waals surface area contributed by atoms with Crippen molar-refractivity contribution in [2.45, 2.75) is 24.9 Å². The first-order chi connectivity index (χ1) is 7.83. The Balaban J connectivity index is 2.00. The minimum Gasteiger partial charge on any atom is -0.380 e. The maximum absolute atomic E-state index is 11.8. The van der Waals surface area contributed by atoms with Crippen molar-refractivity contribution in [3.05, 3.63) is 0 Å². The molecule has 0 aromatic carbocycles. The normalized spacial score (nSPS) is 32.3. The van der Waals surface area contributed by atoms with Crippen molar-refractivity contribution in [3.63, 3.8) is 0 Å². The monoisotopic (exact) mass is 227 g/mol. The predicted molar refractivity (Wildman–Crippen MR) is 61.3 cm³/mol. The standard InChI is InChI=1S/C11H21N3O2/c1-12-11(15)10-7-13-4-5-14(10)9-3-2-6-16-8-9/h9-10,13H,2-8H2,1H3,(H,12,15). The number of nitrogens with one attached hydrogen (secondary N) is 2. The first-order valence-electron chi connectivity index (χ1n) is 6.08. The molecule has 2 rings (SSSR count). The zero-order valence-corrected chi connectivity index (χ0v) is 9.87. The van der Waals surface area contributed by atoms with E-state index in [0.717, 1.165) is 45.7 Å². The van der Waals surface area contributed by atoms with Crippen LogP contribution in [0.5, 0.6) is 0 Å². The van der Waals surface area contributed by atoms with Crippen molar-refractivity contribution >= 4 is 5.91 Å². The Morgan fingerprint density at radius 3 is 3.12 bits per heavy atom. The first kappa shape index (κ1) is 11.8. The highest BCUT2D eigenvalue weighted by Gasteiger charge is 2.33. The van der Waals surface area contributed by atoms with Gasteiger partial charge in [0.05, 0.1) is 6.61 Å². The molecule has 2 unspecified atom stereocenters. The lowest BCUT2D eigenvalue weighted by atomic mass is 10.0. The molecule has 0 aromatic heterocycles. The summed E-state index contributed by atoms with van der Waals surface area (Å²) in [5, 5.41) is 6.02. The quantitative estimate of drug-likeness (QED) is 0.647. The average Bonchev–Trinajstić information content (AvgIpc) is 2.39. The van der Waals surface area contributed by atoms with Gasteiger partial charge in [-0.05, 0) is 12.8 Å². The molecule has 0 aromatic rings. The summed E-state index contributed by atoms with van der Waals surface area (Å²) in [4.78, 5) is 14.1. The lowest BCUT2D eigenvalue weighted by molar-refractivity contribution is -0.129. The van der Waals surface area contributed by atoms with E-state index in [1.54, 1.807) is 7.05 Å². The van der Waals surface area contributed by atoms with Crippen molar-refractivity contribution in [1.29, 1.82) is 0 Å². The zero-order chi connectivity index (χ0) is 11.4. The van der Waals surface area contributed by atoms with Crippen LogP contribution in [0, 0.1) is 0 Å². The lowest BCUT2D eigenvalue weighted by Crippen LogP contribution is -2.61. The minimum atomic E-state index is -0.0366. The maximum atomic E-state index is 11.8. The summed E-state index contributed by atoms with van der Waals surface area (Å²) < 4.78 is 5.50. The highest BCUT2D eigenvalue weighted by atomic mass is 16.5. The number of hydrogen-bond donors (Lipinski definition) is 2. The third-order valence-corrected chi connectivity index (χ3v) is 3.44. The van der Waals surface area contributed by atoms with Crippen molar-refractivity contribution in [1.82, 2.24) is 15.5 Å². The van der Waals surface area contributed by atoms with E-state index in [-0.39, 0.29) is 11.9 Å². The largest absolute Gasteiger partial charge is 0.380 e. The number of piperazine rings is 1. The van der Waals surface area contributed by atoms with E-state index in [4.69, 9.17) is 4.74 Å². The molecule has 92 valence electrons. The number of carbonyl (C=O) groups is 1. The van der Waals surface area contributed by atoms with E-state index in [1.165, 1.54) is 0 Å². The van der Waals surface area contributed by atoms with Gasteiger partial charge in [0.25, 0.3) is 0 Å². The third-order valence-electron chi connectivity index (χ3n) is 3.44. The van der Waals surface area contributed by atoms with Crippen molar-refractivity contribution in [3.8, 4) is 0 Å². The Kier molecular flexibility index (Phi) is 4.15. The molecule has 2 atom stereocenters. The van der Waals surface area contributed by atoms with Gasteiger partial charge in [0.2, 0.25) is 5.91 Å². The minimum absolute atomic E-state index is 0.0366. The molecule has 0 aliphatic carbocycles. The molecule has 0 bridgehead atoms. The zero-order valence-electron chi connectivity index (χ0n) is 9.87. The summed E-state index contributed by atoms with van der Waals surface area (Å²) >= 11 is 0. The van der Waals surface area contributed by atoms with Gasteiger partial charge in [-0.1, -0.05) is 0 Å². The second kappa shape index (κ2) is 5.61. The topological polar surface area (TPSA) is 53.6 Å². The Morgan fingerprint density at radius 1 is 1.56 bits per heavy atom. The van der Waals surface area contributed by atoms with Crippen LogP contribution in [0.25, 0.3) is 0 Å². The van der Waals surface area contributed by atoms with Crippen molar-refractivity contribution < 1.29 is 9.53 Å². The Morgan fingerprint density at radius 2 is 2.44 bits per heavy atom. The molecule has 0 saturated carbocycles. The number of ether oxygens (including phenoxy) is 1. The molecule has 2 N–H and O–H groups in total. The van der Waals surface area contributed by atoms with Gasteiger partial charge in [-0.3, -0.25) is 9.69 Å². The van der Waals surface area contributed by atoms with Gasteiger partial charge in [0, 0.05) is 39.3 Å². The van der Waals surface area contributed by atoms with Gasteiger partial charge in [-0.25, -0.2) is 0 Å². The Bertz CT molecular complexity index is 241. The van der Waals surface area contributed by atoms with Crippen LogP contribution in [0.1, 0.15) is 12.8 Å². The van der Waals surface area contributed by atoms with Crippen LogP contribution in [-0.2, 0) is 9.53 Å².